The molecule has 5 nitrogen and oxygen atoms in total. The van der Waals surface area contributed by atoms with E-state index >= 15 is 0 Å². The molecule has 1 saturated heterocycles. The van der Waals surface area contributed by atoms with E-state index in [9.17, 15) is 9.59 Å². The highest BCUT2D eigenvalue weighted by atomic mass is 35.5. The van der Waals surface area contributed by atoms with Crippen molar-refractivity contribution in [2.75, 3.05) is 13.1 Å². The monoisotopic (exact) mass is 455 g/mol. The number of hydrogen-bond donors (Lipinski definition) is 2. The third-order valence-electron chi connectivity index (χ3n) is 4.71. The van der Waals surface area contributed by atoms with E-state index in [1.54, 1.807) is 18.2 Å². The Bertz CT molecular complexity index is 1170. The van der Waals surface area contributed by atoms with Crippen LogP contribution in [0.5, 0.6) is 0 Å². The molecule has 0 atom stereocenters. The second-order valence-corrected chi connectivity index (χ2v) is 8.89. The van der Waals surface area contributed by atoms with Crippen LogP contribution in [0.25, 0.3) is 17.0 Å². The number of halogens is 1. The Hall–Kier alpha value is -2.61. The SMILES string of the molecule is O=C(CN1C(=O)C(=Cc2cccc(Cl)c2)SC1=S)NCCc1c[nH]c2ccccc12. The molecule has 3 aromatic rings. The van der Waals surface area contributed by atoms with Gasteiger partial charge in [-0.15, -0.1) is 0 Å². The van der Waals surface area contributed by atoms with Gasteiger partial charge in [0.15, 0.2) is 0 Å². The summed E-state index contributed by atoms with van der Waals surface area (Å²) in [6, 6.07) is 15.2. The van der Waals surface area contributed by atoms with Crippen LogP contribution in [0, 0.1) is 0 Å². The van der Waals surface area contributed by atoms with Gasteiger partial charge in [-0.25, -0.2) is 0 Å². The Kier molecular flexibility index (Phi) is 6.22. The fourth-order valence-corrected chi connectivity index (χ4v) is 4.71. The van der Waals surface area contributed by atoms with Crippen molar-refractivity contribution < 1.29 is 9.59 Å². The molecule has 8 heteroatoms. The van der Waals surface area contributed by atoms with Crippen molar-refractivity contribution in [2.45, 2.75) is 6.42 Å². The van der Waals surface area contributed by atoms with Crippen LogP contribution in [-0.4, -0.2) is 39.1 Å². The van der Waals surface area contributed by atoms with Crippen LogP contribution in [-0.2, 0) is 16.0 Å². The highest BCUT2D eigenvalue weighted by Crippen LogP contribution is 2.32. The number of thioether (sulfide) groups is 1. The number of benzene rings is 2. The largest absolute Gasteiger partial charge is 0.361 e. The number of para-hydroxylation sites is 1. The average molecular weight is 456 g/mol. The molecule has 152 valence electrons. The standard InChI is InChI=1S/C22H18ClN3O2S2/c23-16-5-3-4-14(10-16)11-19-21(28)26(22(29)30-19)13-20(27)24-9-8-15-12-25-18-7-2-1-6-17(15)18/h1-7,10-12,25H,8-9,13H2,(H,24,27). The first-order valence-corrected chi connectivity index (χ1v) is 10.9. The molecule has 2 aromatic carbocycles. The van der Waals surface area contributed by atoms with Gasteiger partial charge in [-0.2, -0.15) is 0 Å². The zero-order valence-electron chi connectivity index (χ0n) is 15.9. The molecule has 1 aromatic heterocycles. The molecule has 1 aliphatic heterocycles. The molecule has 0 bridgehead atoms. The number of hydrogen-bond acceptors (Lipinski definition) is 4. The van der Waals surface area contributed by atoms with Gasteiger partial charge in [0.1, 0.15) is 10.9 Å². The number of thiocarbonyl (C=S) groups is 1. The Morgan fingerprint density at radius 1 is 1.23 bits per heavy atom. The maximum atomic E-state index is 12.7. The molecule has 1 fully saturated rings. The normalized spacial score (nSPS) is 15.4. The van der Waals surface area contributed by atoms with Crippen LogP contribution < -0.4 is 5.32 Å². The zero-order chi connectivity index (χ0) is 21.1. The van der Waals surface area contributed by atoms with Gasteiger partial charge in [0.05, 0.1) is 4.91 Å². The third kappa shape index (κ3) is 4.59. The summed E-state index contributed by atoms with van der Waals surface area (Å²) >= 11 is 12.5. The lowest BCUT2D eigenvalue weighted by Gasteiger charge is -2.14. The molecule has 0 saturated carbocycles. The first-order valence-electron chi connectivity index (χ1n) is 9.34. The van der Waals surface area contributed by atoms with Crippen molar-refractivity contribution in [3.63, 3.8) is 0 Å². The smallest absolute Gasteiger partial charge is 0.266 e. The van der Waals surface area contributed by atoms with Gasteiger partial charge in [-0.05, 0) is 41.8 Å². The molecular formula is C22H18ClN3O2S2. The lowest BCUT2D eigenvalue weighted by molar-refractivity contribution is -0.128. The molecule has 0 radical (unpaired) electrons. The fraction of sp³-hybridized carbons (Fsp3) is 0.136. The summed E-state index contributed by atoms with van der Waals surface area (Å²) in [6.07, 6.45) is 4.39. The number of aromatic amines is 1. The summed E-state index contributed by atoms with van der Waals surface area (Å²) < 4.78 is 0.375. The first-order chi connectivity index (χ1) is 14.5. The van der Waals surface area contributed by atoms with Crippen molar-refractivity contribution in [2.24, 2.45) is 0 Å². The van der Waals surface area contributed by atoms with E-state index in [0.29, 0.717) is 27.2 Å². The van der Waals surface area contributed by atoms with E-state index < -0.39 is 0 Å². The Morgan fingerprint density at radius 2 is 2.07 bits per heavy atom. The highest BCUT2D eigenvalue weighted by Gasteiger charge is 2.33. The maximum Gasteiger partial charge on any atom is 0.266 e. The van der Waals surface area contributed by atoms with Gasteiger partial charge in [-0.1, -0.05) is 65.9 Å². The summed E-state index contributed by atoms with van der Waals surface area (Å²) in [5.41, 5.74) is 3.02. The molecule has 2 N–H and O–H groups in total. The van der Waals surface area contributed by atoms with Crippen molar-refractivity contribution >= 4 is 68.7 Å². The van der Waals surface area contributed by atoms with Crippen molar-refractivity contribution in [1.29, 1.82) is 0 Å². The number of amides is 2. The van der Waals surface area contributed by atoms with E-state index in [4.69, 9.17) is 23.8 Å². The maximum absolute atomic E-state index is 12.7. The molecule has 0 spiro atoms. The topological polar surface area (TPSA) is 65.2 Å². The molecule has 30 heavy (non-hydrogen) atoms. The van der Waals surface area contributed by atoms with Gasteiger partial charge in [0, 0.05) is 28.7 Å². The average Bonchev–Trinajstić information content (AvgIpc) is 3.24. The van der Waals surface area contributed by atoms with Crippen LogP contribution in [0.2, 0.25) is 5.02 Å². The van der Waals surface area contributed by atoms with Crippen molar-refractivity contribution in [1.82, 2.24) is 15.2 Å². The number of carbonyl (C=O) groups excluding carboxylic acids is 2. The number of nitrogens with zero attached hydrogens (tertiary/aromatic N) is 1. The Balaban J connectivity index is 1.34. The number of H-pyrrole nitrogens is 1. The second kappa shape index (κ2) is 9.04. The van der Waals surface area contributed by atoms with Crippen molar-refractivity contribution in [3.05, 3.63) is 75.8 Å². The Labute approximate surface area is 188 Å². The van der Waals surface area contributed by atoms with E-state index in [-0.39, 0.29) is 18.4 Å². The highest BCUT2D eigenvalue weighted by molar-refractivity contribution is 8.26. The van der Waals surface area contributed by atoms with Gasteiger partial charge in [0.2, 0.25) is 5.91 Å². The van der Waals surface area contributed by atoms with Crippen LogP contribution in [0.3, 0.4) is 0 Å². The minimum absolute atomic E-state index is 0.0918. The second-order valence-electron chi connectivity index (χ2n) is 6.78. The predicted octanol–water partition coefficient (Wildman–Crippen LogP) is 4.38. The number of rotatable bonds is 6. The molecule has 0 unspecified atom stereocenters. The lowest BCUT2D eigenvalue weighted by atomic mass is 10.1. The molecule has 1 aliphatic rings. The van der Waals surface area contributed by atoms with E-state index in [1.165, 1.54) is 16.7 Å². The number of carbonyl (C=O) groups is 2. The minimum Gasteiger partial charge on any atom is -0.361 e. The number of aromatic nitrogens is 1. The quantitative estimate of drug-likeness (QED) is 0.427. The molecular weight excluding hydrogens is 438 g/mol. The Morgan fingerprint density at radius 3 is 2.90 bits per heavy atom. The number of nitrogens with one attached hydrogen (secondary N) is 2. The summed E-state index contributed by atoms with van der Waals surface area (Å²) in [6.45, 7) is 0.388. The zero-order valence-corrected chi connectivity index (χ0v) is 18.2. The van der Waals surface area contributed by atoms with Gasteiger partial charge >= 0.3 is 0 Å². The van der Waals surface area contributed by atoms with Crippen LogP contribution in [0.1, 0.15) is 11.1 Å². The predicted molar refractivity (Wildman–Crippen MR) is 126 cm³/mol. The molecule has 2 heterocycles. The fourth-order valence-electron chi connectivity index (χ4n) is 3.26. The van der Waals surface area contributed by atoms with Crippen LogP contribution in [0.4, 0.5) is 0 Å². The van der Waals surface area contributed by atoms with Gasteiger partial charge in [-0.3, -0.25) is 14.5 Å². The van der Waals surface area contributed by atoms with Gasteiger partial charge < -0.3 is 10.3 Å². The van der Waals surface area contributed by atoms with Gasteiger partial charge in [0.25, 0.3) is 5.91 Å². The minimum atomic E-state index is -0.267. The van der Waals surface area contributed by atoms with Crippen LogP contribution in [0.15, 0.2) is 59.6 Å². The molecule has 0 aliphatic carbocycles. The molecule has 4 rings (SSSR count). The van der Waals surface area contributed by atoms with E-state index in [1.807, 2.05) is 36.5 Å². The van der Waals surface area contributed by atoms with Crippen molar-refractivity contribution in [3.8, 4) is 0 Å². The first kappa shape index (κ1) is 20.7. The summed E-state index contributed by atoms with van der Waals surface area (Å²) in [5.74, 6) is -0.507. The molecule has 2 amide bonds. The third-order valence-corrected chi connectivity index (χ3v) is 6.33. The summed E-state index contributed by atoms with van der Waals surface area (Å²) in [4.78, 5) is 30.1. The number of fused-ring (bicyclic) bond motifs is 1. The summed E-state index contributed by atoms with van der Waals surface area (Å²) in [5, 5.41) is 4.61. The van der Waals surface area contributed by atoms with Crippen LogP contribution >= 0.6 is 35.6 Å². The lowest BCUT2D eigenvalue weighted by Crippen LogP contribution is -2.40. The van der Waals surface area contributed by atoms with E-state index in [0.717, 1.165) is 22.0 Å². The van der Waals surface area contributed by atoms with E-state index in [2.05, 4.69) is 16.4 Å². The summed E-state index contributed by atoms with van der Waals surface area (Å²) in [7, 11) is 0.